The summed E-state index contributed by atoms with van der Waals surface area (Å²) in [6.07, 6.45) is 0. The fourth-order valence-corrected chi connectivity index (χ4v) is 4.35. The molecule has 1 amide bonds. The Morgan fingerprint density at radius 1 is 1.00 bits per heavy atom. The third-order valence-corrected chi connectivity index (χ3v) is 6.07. The van der Waals surface area contributed by atoms with Crippen LogP contribution in [0.5, 0.6) is 0 Å². The second-order valence-electron chi connectivity index (χ2n) is 7.13. The standard InChI is InChI=1S/C23H25N3O5S/c1-6-30-22(28)19-13(2)16(5)32-21(19)24-18(27)12-31-23(29)20-14(3)25-26(15(20)4)17-10-8-7-9-11-17/h7-11H,6,12H2,1-5H3,(H,24,27). The molecule has 0 radical (unpaired) electrons. The van der Waals surface area contributed by atoms with E-state index in [4.69, 9.17) is 9.47 Å². The number of benzene rings is 1. The summed E-state index contributed by atoms with van der Waals surface area (Å²) in [5, 5.41) is 7.46. The van der Waals surface area contributed by atoms with Crippen LogP contribution in [0, 0.1) is 27.7 Å². The first-order valence-corrected chi connectivity index (χ1v) is 10.9. The van der Waals surface area contributed by atoms with Gasteiger partial charge in [0.1, 0.15) is 10.6 Å². The number of carbonyl (C=O) groups is 3. The predicted octanol–water partition coefficient (Wildman–Crippen LogP) is 4.14. The first kappa shape index (κ1) is 23.2. The highest BCUT2D eigenvalue weighted by Gasteiger charge is 2.24. The lowest BCUT2D eigenvalue weighted by Gasteiger charge is -2.08. The summed E-state index contributed by atoms with van der Waals surface area (Å²) in [4.78, 5) is 38.3. The second-order valence-corrected chi connectivity index (χ2v) is 8.35. The number of aryl methyl sites for hydroxylation is 2. The minimum absolute atomic E-state index is 0.230. The molecule has 0 saturated heterocycles. The molecule has 0 atom stereocenters. The summed E-state index contributed by atoms with van der Waals surface area (Å²) in [5.74, 6) is -1.68. The Bertz CT molecular complexity index is 1160. The Kier molecular flexibility index (Phi) is 7.09. The maximum atomic E-state index is 12.7. The highest BCUT2D eigenvalue weighted by Crippen LogP contribution is 2.33. The fourth-order valence-electron chi connectivity index (χ4n) is 3.29. The van der Waals surface area contributed by atoms with Crippen LogP contribution in [0.1, 0.15) is 49.5 Å². The number of hydrogen-bond donors (Lipinski definition) is 1. The number of nitrogens with one attached hydrogen (secondary N) is 1. The van der Waals surface area contributed by atoms with Crippen LogP contribution >= 0.6 is 11.3 Å². The number of anilines is 1. The van der Waals surface area contributed by atoms with E-state index in [9.17, 15) is 14.4 Å². The average Bonchev–Trinajstić information content (AvgIpc) is 3.21. The lowest BCUT2D eigenvalue weighted by molar-refractivity contribution is -0.119. The number of para-hydroxylation sites is 1. The molecule has 1 N–H and O–H groups in total. The second kappa shape index (κ2) is 9.78. The first-order valence-electron chi connectivity index (χ1n) is 10.1. The minimum Gasteiger partial charge on any atom is -0.462 e. The van der Waals surface area contributed by atoms with Crippen LogP contribution in [-0.2, 0) is 14.3 Å². The van der Waals surface area contributed by atoms with E-state index in [0.717, 1.165) is 16.1 Å². The number of hydrogen-bond acceptors (Lipinski definition) is 7. The Morgan fingerprint density at radius 3 is 2.31 bits per heavy atom. The van der Waals surface area contributed by atoms with E-state index in [2.05, 4.69) is 10.4 Å². The molecule has 0 saturated carbocycles. The van der Waals surface area contributed by atoms with Crippen molar-refractivity contribution in [3.05, 3.63) is 63.3 Å². The van der Waals surface area contributed by atoms with Crippen molar-refractivity contribution < 1.29 is 23.9 Å². The molecule has 0 aliphatic heterocycles. The van der Waals surface area contributed by atoms with Gasteiger partial charge in [-0.2, -0.15) is 5.10 Å². The third-order valence-electron chi connectivity index (χ3n) is 4.95. The molecule has 0 spiro atoms. The van der Waals surface area contributed by atoms with Gasteiger partial charge in [0.05, 0.1) is 29.2 Å². The Balaban J connectivity index is 1.70. The van der Waals surface area contributed by atoms with Gasteiger partial charge >= 0.3 is 11.9 Å². The molecular formula is C23H25N3O5S. The summed E-state index contributed by atoms with van der Waals surface area (Å²) in [6.45, 7) is 8.59. The van der Waals surface area contributed by atoms with Crippen LogP contribution in [0.4, 0.5) is 5.00 Å². The van der Waals surface area contributed by atoms with Crippen molar-refractivity contribution in [2.24, 2.45) is 0 Å². The Labute approximate surface area is 190 Å². The van der Waals surface area contributed by atoms with Crippen LogP contribution < -0.4 is 5.32 Å². The van der Waals surface area contributed by atoms with Crippen LogP contribution in [0.2, 0.25) is 0 Å². The highest BCUT2D eigenvalue weighted by atomic mass is 32.1. The van der Waals surface area contributed by atoms with Crippen molar-refractivity contribution in [2.75, 3.05) is 18.5 Å². The van der Waals surface area contributed by atoms with Gasteiger partial charge in [-0.15, -0.1) is 11.3 Å². The van der Waals surface area contributed by atoms with Gasteiger partial charge in [-0.1, -0.05) is 18.2 Å². The highest BCUT2D eigenvalue weighted by molar-refractivity contribution is 7.16. The summed E-state index contributed by atoms with van der Waals surface area (Å²) in [6, 6.07) is 9.43. The minimum atomic E-state index is -0.638. The van der Waals surface area contributed by atoms with Gasteiger partial charge in [-0.25, -0.2) is 14.3 Å². The normalized spacial score (nSPS) is 10.7. The number of esters is 2. The van der Waals surface area contributed by atoms with Crippen LogP contribution in [0.25, 0.3) is 5.69 Å². The molecule has 168 valence electrons. The zero-order chi connectivity index (χ0) is 23.4. The maximum absolute atomic E-state index is 12.7. The predicted molar refractivity (Wildman–Crippen MR) is 122 cm³/mol. The lowest BCUT2D eigenvalue weighted by atomic mass is 10.1. The number of amides is 1. The van der Waals surface area contributed by atoms with Gasteiger partial charge in [0, 0.05) is 4.88 Å². The largest absolute Gasteiger partial charge is 0.462 e. The first-order chi connectivity index (χ1) is 15.2. The van der Waals surface area contributed by atoms with E-state index in [1.807, 2.05) is 37.3 Å². The number of nitrogens with zero attached hydrogens (tertiary/aromatic N) is 2. The van der Waals surface area contributed by atoms with Gasteiger partial charge < -0.3 is 14.8 Å². The van der Waals surface area contributed by atoms with Crippen molar-refractivity contribution in [3.63, 3.8) is 0 Å². The molecule has 32 heavy (non-hydrogen) atoms. The van der Waals surface area contributed by atoms with Gasteiger partial charge in [0.2, 0.25) is 0 Å². The molecule has 2 aromatic heterocycles. The van der Waals surface area contributed by atoms with Crippen molar-refractivity contribution in [3.8, 4) is 5.69 Å². The molecular weight excluding hydrogens is 430 g/mol. The van der Waals surface area contributed by atoms with Crippen molar-refractivity contribution in [1.29, 1.82) is 0 Å². The molecule has 8 nitrogen and oxygen atoms in total. The molecule has 0 aliphatic rings. The van der Waals surface area contributed by atoms with Crippen LogP contribution in [0.3, 0.4) is 0 Å². The Morgan fingerprint density at radius 2 is 1.66 bits per heavy atom. The molecule has 0 fully saturated rings. The topological polar surface area (TPSA) is 99.5 Å². The molecule has 0 aliphatic carbocycles. The molecule has 3 aromatic rings. The van der Waals surface area contributed by atoms with Gasteiger partial charge in [-0.3, -0.25) is 4.79 Å². The van der Waals surface area contributed by atoms with E-state index in [-0.39, 0.29) is 6.61 Å². The van der Waals surface area contributed by atoms with Gasteiger partial charge in [-0.05, 0) is 52.3 Å². The van der Waals surface area contributed by atoms with E-state index < -0.39 is 24.5 Å². The number of thiophene rings is 1. The zero-order valence-corrected chi connectivity index (χ0v) is 19.5. The summed E-state index contributed by atoms with van der Waals surface area (Å²) >= 11 is 1.27. The molecule has 0 unspecified atom stereocenters. The SMILES string of the molecule is CCOC(=O)c1c(NC(=O)COC(=O)c2c(C)nn(-c3ccccc3)c2C)sc(C)c1C. The van der Waals surface area contributed by atoms with Crippen molar-refractivity contribution in [1.82, 2.24) is 9.78 Å². The average molecular weight is 456 g/mol. The number of aromatic nitrogens is 2. The molecule has 0 bridgehead atoms. The molecule has 1 aromatic carbocycles. The summed E-state index contributed by atoms with van der Waals surface area (Å²) < 4.78 is 12.0. The lowest BCUT2D eigenvalue weighted by Crippen LogP contribution is -2.22. The number of rotatable bonds is 7. The van der Waals surface area contributed by atoms with E-state index in [1.54, 1.807) is 32.4 Å². The third kappa shape index (κ3) is 4.72. The van der Waals surface area contributed by atoms with Crippen LogP contribution in [-0.4, -0.2) is 40.8 Å². The molecule has 2 heterocycles. The zero-order valence-electron chi connectivity index (χ0n) is 18.6. The monoisotopic (exact) mass is 455 g/mol. The molecule has 3 rings (SSSR count). The van der Waals surface area contributed by atoms with Gasteiger partial charge in [0.25, 0.3) is 5.91 Å². The van der Waals surface area contributed by atoms with Crippen LogP contribution in [0.15, 0.2) is 30.3 Å². The quantitative estimate of drug-likeness (QED) is 0.538. The fraction of sp³-hybridized carbons (Fsp3) is 0.304. The van der Waals surface area contributed by atoms with Crippen molar-refractivity contribution in [2.45, 2.75) is 34.6 Å². The molecule has 9 heteroatoms. The van der Waals surface area contributed by atoms with E-state index in [1.165, 1.54) is 11.3 Å². The van der Waals surface area contributed by atoms with Gasteiger partial charge in [0.15, 0.2) is 6.61 Å². The number of ether oxygens (including phenoxy) is 2. The summed E-state index contributed by atoms with van der Waals surface area (Å²) in [5.41, 5.74) is 3.33. The summed E-state index contributed by atoms with van der Waals surface area (Å²) in [7, 11) is 0. The van der Waals surface area contributed by atoms with E-state index >= 15 is 0 Å². The van der Waals surface area contributed by atoms with Crippen molar-refractivity contribution >= 4 is 34.2 Å². The van der Waals surface area contributed by atoms with E-state index in [0.29, 0.717) is 27.5 Å². The Hall–Kier alpha value is -3.46. The maximum Gasteiger partial charge on any atom is 0.342 e. The number of carbonyl (C=O) groups excluding carboxylic acids is 3. The smallest absolute Gasteiger partial charge is 0.342 e.